The number of allylic oxidation sites excluding steroid dienone is 1. The van der Waals surface area contributed by atoms with Gasteiger partial charge in [-0.15, -0.1) is 6.58 Å². The van der Waals surface area contributed by atoms with E-state index in [0.717, 1.165) is 46.4 Å². The van der Waals surface area contributed by atoms with Gasteiger partial charge in [0.05, 0.1) is 29.1 Å². The van der Waals surface area contributed by atoms with E-state index in [1.54, 1.807) is 0 Å². The molecule has 0 bridgehead atoms. The summed E-state index contributed by atoms with van der Waals surface area (Å²) in [6.45, 7) is 4.48. The Bertz CT molecular complexity index is 861. The normalized spacial score (nSPS) is 13.0. The van der Waals surface area contributed by atoms with Crippen molar-refractivity contribution in [3.8, 4) is 11.3 Å². The zero-order chi connectivity index (χ0) is 14.4. The Morgan fingerprint density at radius 2 is 2.14 bits per heavy atom. The van der Waals surface area contributed by atoms with E-state index >= 15 is 0 Å². The maximum absolute atomic E-state index is 6.43. The Hall–Kier alpha value is -2.62. The number of pyridine rings is 1. The highest BCUT2D eigenvalue weighted by Crippen LogP contribution is 2.38. The number of nitrogen functional groups attached to an aromatic ring is 1. The lowest BCUT2D eigenvalue weighted by atomic mass is 9.91. The standard InChI is InChI=1S/C17H16N4/c1-2-9-21-10-11-7-8-14-15(17(11)20-21)16(18)12-5-3-4-6-13(12)19-14/h2-6,10H,1,7-9H2,(H2,18,19). The molecule has 0 radical (unpaired) electrons. The maximum atomic E-state index is 6.43. The van der Waals surface area contributed by atoms with E-state index < -0.39 is 0 Å². The van der Waals surface area contributed by atoms with E-state index in [4.69, 9.17) is 10.7 Å². The van der Waals surface area contributed by atoms with Crippen LogP contribution in [0.1, 0.15) is 11.3 Å². The molecule has 0 amide bonds. The molecule has 1 aromatic carbocycles. The van der Waals surface area contributed by atoms with Gasteiger partial charge in [0.1, 0.15) is 0 Å². The minimum absolute atomic E-state index is 0.712. The van der Waals surface area contributed by atoms with Crippen molar-refractivity contribution in [2.75, 3.05) is 5.73 Å². The summed E-state index contributed by atoms with van der Waals surface area (Å²) in [4.78, 5) is 4.78. The lowest BCUT2D eigenvalue weighted by Crippen LogP contribution is -2.08. The van der Waals surface area contributed by atoms with Crippen LogP contribution >= 0.6 is 0 Å². The van der Waals surface area contributed by atoms with Crippen LogP contribution in [0.3, 0.4) is 0 Å². The van der Waals surface area contributed by atoms with Gasteiger partial charge < -0.3 is 5.73 Å². The second kappa shape index (κ2) is 4.45. The third kappa shape index (κ3) is 1.76. The number of para-hydroxylation sites is 1. The number of fused-ring (bicyclic) bond motifs is 4. The van der Waals surface area contributed by atoms with Gasteiger partial charge in [-0.2, -0.15) is 5.10 Å². The van der Waals surface area contributed by atoms with Gasteiger partial charge in [0.15, 0.2) is 0 Å². The Morgan fingerprint density at radius 1 is 1.29 bits per heavy atom. The first kappa shape index (κ1) is 12.1. The monoisotopic (exact) mass is 276 g/mol. The van der Waals surface area contributed by atoms with Crippen molar-refractivity contribution in [2.45, 2.75) is 19.4 Å². The van der Waals surface area contributed by atoms with E-state index in [1.807, 2.05) is 35.0 Å². The van der Waals surface area contributed by atoms with Crippen LogP contribution in [0, 0.1) is 0 Å². The van der Waals surface area contributed by atoms with Crippen molar-refractivity contribution in [2.24, 2.45) is 0 Å². The second-order valence-corrected chi connectivity index (χ2v) is 5.38. The van der Waals surface area contributed by atoms with Crippen molar-refractivity contribution in [1.82, 2.24) is 14.8 Å². The molecular formula is C17H16N4. The molecule has 0 atom stereocenters. The summed E-state index contributed by atoms with van der Waals surface area (Å²) in [7, 11) is 0. The molecule has 4 rings (SSSR count). The minimum atomic E-state index is 0.712. The molecule has 0 unspecified atom stereocenters. The van der Waals surface area contributed by atoms with Gasteiger partial charge in [0.2, 0.25) is 0 Å². The van der Waals surface area contributed by atoms with Gasteiger partial charge in [-0.05, 0) is 24.5 Å². The van der Waals surface area contributed by atoms with Gasteiger partial charge in [0.25, 0.3) is 0 Å². The summed E-state index contributed by atoms with van der Waals surface area (Å²) in [5, 5.41) is 5.68. The molecule has 104 valence electrons. The second-order valence-electron chi connectivity index (χ2n) is 5.38. The van der Waals surface area contributed by atoms with Crippen LogP contribution in [0.4, 0.5) is 5.69 Å². The van der Waals surface area contributed by atoms with Gasteiger partial charge >= 0.3 is 0 Å². The molecule has 2 N–H and O–H groups in total. The Balaban J connectivity index is 2.00. The number of aryl methyl sites for hydroxylation is 2. The molecule has 4 nitrogen and oxygen atoms in total. The van der Waals surface area contributed by atoms with E-state index in [-0.39, 0.29) is 0 Å². The zero-order valence-corrected chi connectivity index (χ0v) is 11.7. The first-order valence-corrected chi connectivity index (χ1v) is 7.12. The number of anilines is 1. The Kier molecular flexibility index (Phi) is 2.57. The minimum Gasteiger partial charge on any atom is -0.398 e. The van der Waals surface area contributed by atoms with Crippen LogP contribution < -0.4 is 5.73 Å². The van der Waals surface area contributed by atoms with Crippen LogP contribution in [-0.4, -0.2) is 14.8 Å². The molecule has 21 heavy (non-hydrogen) atoms. The number of benzene rings is 1. The number of nitrogens with zero attached hydrogens (tertiary/aromatic N) is 3. The summed E-state index contributed by atoms with van der Waals surface area (Å²) in [5.74, 6) is 0. The predicted molar refractivity (Wildman–Crippen MR) is 85.0 cm³/mol. The van der Waals surface area contributed by atoms with E-state index in [2.05, 4.69) is 17.9 Å². The van der Waals surface area contributed by atoms with Gasteiger partial charge in [-0.3, -0.25) is 9.67 Å². The van der Waals surface area contributed by atoms with Gasteiger partial charge in [-0.25, -0.2) is 0 Å². The van der Waals surface area contributed by atoms with Crippen molar-refractivity contribution >= 4 is 16.6 Å². The first-order valence-electron chi connectivity index (χ1n) is 7.12. The number of nitrogens with two attached hydrogens (primary N) is 1. The summed E-state index contributed by atoms with van der Waals surface area (Å²) < 4.78 is 1.92. The highest BCUT2D eigenvalue weighted by Gasteiger charge is 2.24. The van der Waals surface area contributed by atoms with Crippen molar-refractivity contribution in [3.05, 3.63) is 54.4 Å². The van der Waals surface area contributed by atoms with Gasteiger partial charge in [0, 0.05) is 17.1 Å². The molecule has 1 aliphatic rings. The average molecular weight is 276 g/mol. The summed E-state index contributed by atoms with van der Waals surface area (Å²) in [6.07, 6.45) is 5.82. The highest BCUT2D eigenvalue weighted by molar-refractivity contribution is 5.99. The fourth-order valence-electron chi connectivity index (χ4n) is 3.07. The molecule has 4 heteroatoms. The smallest absolute Gasteiger partial charge is 0.0994 e. The lowest BCUT2D eigenvalue weighted by molar-refractivity contribution is 0.705. The molecule has 3 aromatic rings. The van der Waals surface area contributed by atoms with E-state index in [1.165, 1.54) is 5.56 Å². The largest absolute Gasteiger partial charge is 0.398 e. The quantitative estimate of drug-likeness (QED) is 0.732. The van der Waals surface area contributed by atoms with Crippen LogP contribution in [0.25, 0.3) is 22.2 Å². The fraction of sp³-hybridized carbons (Fsp3) is 0.176. The fourth-order valence-corrected chi connectivity index (χ4v) is 3.07. The summed E-state index contributed by atoms with van der Waals surface area (Å²) >= 11 is 0. The molecule has 2 heterocycles. The zero-order valence-electron chi connectivity index (χ0n) is 11.7. The predicted octanol–water partition coefficient (Wildman–Crippen LogP) is 2.97. The molecule has 0 spiro atoms. The molecule has 0 fully saturated rings. The van der Waals surface area contributed by atoms with Crippen LogP contribution in [0.15, 0.2) is 43.1 Å². The third-order valence-electron chi connectivity index (χ3n) is 4.03. The molecule has 0 saturated heterocycles. The van der Waals surface area contributed by atoms with E-state index in [0.29, 0.717) is 6.54 Å². The van der Waals surface area contributed by atoms with Crippen molar-refractivity contribution in [1.29, 1.82) is 0 Å². The van der Waals surface area contributed by atoms with Crippen LogP contribution in [-0.2, 0) is 19.4 Å². The molecule has 2 aromatic heterocycles. The molecule has 0 saturated carbocycles. The molecule has 1 aliphatic carbocycles. The molecular weight excluding hydrogens is 260 g/mol. The Morgan fingerprint density at radius 3 is 3.00 bits per heavy atom. The third-order valence-corrected chi connectivity index (χ3v) is 4.03. The Labute approximate surface area is 122 Å². The maximum Gasteiger partial charge on any atom is 0.0994 e. The van der Waals surface area contributed by atoms with E-state index in [9.17, 15) is 0 Å². The van der Waals surface area contributed by atoms with Gasteiger partial charge in [-0.1, -0.05) is 24.3 Å². The SMILES string of the molecule is C=CCn1cc2c(n1)-c1c(nc3ccccc3c1N)CC2. The molecule has 0 aliphatic heterocycles. The lowest BCUT2D eigenvalue weighted by Gasteiger charge is -2.17. The number of rotatable bonds is 2. The number of hydrogen-bond acceptors (Lipinski definition) is 3. The summed E-state index contributed by atoms with van der Waals surface area (Å²) in [6, 6.07) is 8.02. The summed E-state index contributed by atoms with van der Waals surface area (Å²) in [5.41, 5.74) is 12.5. The highest BCUT2D eigenvalue weighted by atomic mass is 15.3. The average Bonchev–Trinajstić information content (AvgIpc) is 2.90. The van der Waals surface area contributed by atoms with Crippen molar-refractivity contribution < 1.29 is 0 Å². The topological polar surface area (TPSA) is 56.7 Å². The van der Waals surface area contributed by atoms with Crippen LogP contribution in [0.2, 0.25) is 0 Å². The van der Waals surface area contributed by atoms with Crippen molar-refractivity contribution in [3.63, 3.8) is 0 Å². The van der Waals surface area contributed by atoms with Crippen LogP contribution in [0.5, 0.6) is 0 Å². The number of aromatic nitrogens is 3. The number of hydrogen-bond donors (Lipinski definition) is 1. The first-order chi connectivity index (χ1) is 10.3.